The number of β-amino-alcohol motifs (C(OH)–C–C–N with tert-alkyl or cyclic N) is 1. The Morgan fingerprint density at radius 1 is 1.33 bits per heavy atom. The molecule has 0 spiro atoms. The van der Waals surface area contributed by atoms with Crippen molar-refractivity contribution in [3.8, 4) is 0 Å². The Labute approximate surface area is 96.3 Å². The maximum Gasteiger partial charge on any atom is 0.109 e. The Kier molecular flexibility index (Phi) is 3.59. The van der Waals surface area contributed by atoms with E-state index in [0.717, 1.165) is 4.88 Å². The van der Waals surface area contributed by atoms with Gasteiger partial charge in [-0.05, 0) is 51.6 Å². The van der Waals surface area contributed by atoms with E-state index in [2.05, 4.69) is 26.1 Å². The zero-order valence-corrected chi connectivity index (χ0v) is 11.0. The minimum absolute atomic E-state index is 0.0369. The summed E-state index contributed by atoms with van der Waals surface area (Å²) in [5.74, 6) is 0. The van der Waals surface area contributed by atoms with E-state index < -0.39 is 5.60 Å². The highest BCUT2D eigenvalue weighted by Gasteiger charge is 2.27. The predicted octanol–water partition coefficient (Wildman–Crippen LogP) is 2.65. The van der Waals surface area contributed by atoms with E-state index in [1.54, 1.807) is 11.3 Å². The van der Waals surface area contributed by atoms with Crippen molar-refractivity contribution in [3.63, 3.8) is 0 Å². The first-order valence-corrected chi connectivity index (χ1v) is 6.12. The van der Waals surface area contributed by atoms with Crippen molar-refractivity contribution in [1.82, 2.24) is 5.32 Å². The molecule has 1 heterocycles. The number of rotatable bonds is 3. The second kappa shape index (κ2) is 4.24. The van der Waals surface area contributed by atoms with Crippen LogP contribution in [0.25, 0.3) is 0 Å². The standard InChI is InChI=1S/C12H21NOS/c1-9-6-7-15-10(9)12(5,14)8-13-11(2,3)4/h6-7,13-14H,8H2,1-5H3. The third-order valence-electron chi connectivity index (χ3n) is 2.31. The number of thiophene rings is 1. The lowest BCUT2D eigenvalue weighted by Gasteiger charge is -2.29. The SMILES string of the molecule is Cc1ccsc1C(C)(O)CNC(C)(C)C. The van der Waals surface area contributed by atoms with Gasteiger partial charge >= 0.3 is 0 Å². The van der Waals surface area contributed by atoms with E-state index in [1.807, 2.05) is 25.3 Å². The Morgan fingerprint density at radius 2 is 1.93 bits per heavy atom. The second-order valence-electron chi connectivity index (χ2n) is 5.31. The second-order valence-corrected chi connectivity index (χ2v) is 6.23. The van der Waals surface area contributed by atoms with Crippen molar-refractivity contribution in [3.05, 3.63) is 21.9 Å². The summed E-state index contributed by atoms with van der Waals surface area (Å²) < 4.78 is 0. The van der Waals surface area contributed by atoms with Crippen LogP contribution in [0.1, 0.15) is 38.1 Å². The van der Waals surface area contributed by atoms with E-state index in [-0.39, 0.29) is 5.54 Å². The van der Waals surface area contributed by atoms with E-state index in [1.165, 1.54) is 5.56 Å². The molecule has 0 radical (unpaired) electrons. The molecule has 0 bridgehead atoms. The molecule has 1 unspecified atom stereocenters. The molecular weight excluding hydrogens is 206 g/mol. The molecule has 0 saturated carbocycles. The summed E-state index contributed by atoms with van der Waals surface area (Å²) in [5, 5.41) is 15.7. The van der Waals surface area contributed by atoms with Crippen LogP contribution in [0, 0.1) is 6.92 Å². The predicted molar refractivity (Wildman–Crippen MR) is 66.4 cm³/mol. The molecule has 1 aromatic rings. The van der Waals surface area contributed by atoms with Gasteiger partial charge in [0.1, 0.15) is 5.60 Å². The molecule has 15 heavy (non-hydrogen) atoms. The van der Waals surface area contributed by atoms with Gasteiger partial charge in [0.25, 0.3) is 0 Å². The summed E-state index contributed by atoms with van der Waals surface area (Å²) in [7, 11) is 0. The van der Waals surface area contributed by atoms with Crippen molar-refractivity contribution in [2.75, 3.05) is 6.54 Å². The minimum Gasteiger partial charge on any atom is -0.383 e. The lowest BCUT2D eigenvalue weighted by molar-refractivity contribution is 0.0533. The monoisotopic (exact) mass is 227 g/mol. The first-order valence-electron chi connectivity index (χ1n) is 5.24. The van der Waals surface area contributed by atoms with Gasteiger partial charge in [-0.2, -0.15) is 0 Å². The van der Waals surface area contributed by atoms with E-state index in [4.69, 9.17) is 0 Å². The Bertz CT molecular complexity index is 323. The van der Waals surface area contributed by atoms with Crippen LogP contribution in [-0.2, 0) is 5.60 Å². The molecule has 0 aliphatic carbocycles. The average molecular weight is 227 g/mol. The fourth-order valence-electron chi connectivity index (χ4n) is 1.44. The summed E-state index contributed by atoms with van der Waals surface area (Å²) >= 11 is 1.62. The van der Waals surface area contributed by atoms with Crippen LogP contribution in [0.5, 0.6) is 0 Å². The summed E-state index contributed by atoms with van der Waals surface area (Å²) in [6.07, 6.45) is 0. The van der Waals surface area contributed by atoms with Gasteiger partial charge < -0.3 is 10.4 Å². The van der Waals surface area contributed by atoms with Crippen molar-refractivity contribution < 1.29 is 5.11 Å². The average Bonchev–Trinajstić information content (AvgIpc) is 2.47. The molecule has 86 valence electrons. The summed E-state index contributed by atoms with van der Waals surface area (Å²) in [6.45, 7) is 10.8. The van der Waals surface area contributed by atoms with Crippen molar-refractivity contribution in [1.29, 1.82) is 0 Å². The fraction of sp³-hybridized carbons (Fsp3) is 0.667. The lowest BCUT2D eigenvalue weighted by Crippen LogP contribution is -2.44. The smallest absolute Gasteiger partial charge is 0.109 e. The van der Waals surface area contributed by atoms with Crippen LogP contribution in [-0.4, -0.2) is 17.2 Å². The van der Waals surface area contributed by atoms with Crippen LogP contribution in [0.3, 0.4) is 0 Å². The van der Waals surface area contributed by atoms with E-state index in [9.17, 15) is 5.11 Å². The van der Waals surface area contributed by atoms with Crippen molar-refractivity contribution >= 4 is 11.3 Å². The zero-order chi connectivity index (χ0) is 11.7. The van der Waals surface area contributed by atoms with Crippen molar-refractivity contribution in [2.45, 2.75) is 45.8 Å². The summed E-state index contributed by atoms with van der Waals surface area (Å²) in [5.41, 5.74) is 0.432. The minimum atomic E-state index is -0.772. The van der Waals surface area contributed by atoms with Gasteiger partial charge in [0, 0.05) is 17.0 Å². The molecule has 0 aromatic carbocycles. The van der Waals surface area contributed by atoms with Gasteiger partial charge in [-0.15, -0.1) is 11.3 Å². The molecule has 0 aliphatic rings. The van der Waals surface area contributed by atoms with Gasteiger partial charge in [-0.25, -0.2) is 0 Å². The molecule has 0 fully saturated rings. The molecule has 2 N–H and O–H groups in total. The van der Waals surface area contributed by atoms with Crippen LogP contribution >= 0.6 is 11.3 Å². The summed E-state index contributed by atoms with van der Waals surface area (Å²) in [4.78, 5) is 1.05. The quantitative estimate of drug-likeness (QED) is 0.832. The summed E-state index contributed by atoms with van der Waals surface area (Å²) in [6, 6.07) is 2.05. The molecule has 0 amide bonds. The van der Waals surface area contributed by atoms with Gasteiger partial charge in [0.05, 0.1) is 0 Å². The van der Waals surface area contributed by atoms with Gasteiger partial charge in [0.15, 0.2) is 0 Å². The molecule has 1 aromatic heterocycles. The van der Waals surface area contributed by atoms with Gasteiger partial charge in [-0.3, -0.25) is 0 Å². The highest BCUT2D eigenvalue weighted by atomic mass is 32.1. The maximum atomic E-state index is 10.4. The highest BCUT2D eigenvalue weighted by Crippen LogP contribution is 2.28. The largest absolute Gasteiger partial charge is 0.383 e. The molecule has 0 saturated heterocycles. The van der Waals surface area contributed by atoms with Crippen LogP contribution < -0.4 is 5.32 Å². The van der Waals surface area contributed by atoms with E-state index in [0.29, 0.717) is 6.54 Å². The zero-order valence-electron chi connectivity index (χ0n) is 10.2. The third kappa shape index (κ3) is 3.59. The lowest BCUT2D eigenvalue weighted by atomic mass is 9.99. The molecule has 0 aliphatic heterocycles. The van der Waals surface area contributed by atoms with E-state index >= 15 is 0 Å². The third-order valence-corrected chi connectivity index (χ3v) is 3.58. The molecule has 1 atom stereocenters. The Balaban J connectivity index is 2.72. The number of aryl methyl sites for hydroxylation is 1. The van der Waals surface area contributed by atoms with Crippen LogP contribution in [0.4, 0.5) is 0 Å². The number of aliphatic hydroxyl groups is 1. The fourth-order valence-corrected chi connectivity index (χ4v) is 2.43. The first-order chi connectivity index (χ1) is 6.72. The topological polar surface area (TPSA) is 32.3 Å². The van der Waals surface area contributed by atoms with Gasteiger partial charge in [0.2, 0.25) is 0 Å². The van der Waals surface area contributed by atoms with Crippen LogP contribution in [0.15, 0.2) is 11.4 Å². The van der Waals surface area contributed by atoms with Crippen molar-refractivity contribution in [2.24, 2.45) is 0 Å². The molecule has 1 rings (SSSR count). The Hall–Kier alpha value is -0.380. The number of hydrogen-bond donors (Lipinski definition) is 2. The maximum absolute atomic E-state index is 10.4. The number of nitrogens with one attached hydrogen (secondary N) is 1. The van der Waals surface area contributed by atoms with Crippen LogP contribution in [0.2, 0.25) is 0 Å². The normalized spacial score (nSPS) is 16.4. The highest BCUT2D eigenvalue weighted by molar-refractivity contribution is 7.10. The number of hydrogen-bond acceptors (Lipinski definition) is 3. The van der Waals surface area contributed by atoms with Gasteiger partial charge in [-0.1, -0.05) is 0 Å². The molecule has 3 heteroatoms. The first kappa shape index (κ1) is 12.7. The Morgan fingerprint density at radius 3 is 2.33 bits per heavy atom. The molecule has 2 nitrogen and oxygen atoms in total. The molecular formula is C12H21NOS.